The van der Waals surface area contributed by atoms with Crippen LogP contribution in [0.3, 0.4) is 0 Å². The van der Waals surface area contributed by atoms with Gasteiger partial charge in [0.15, 0.2) is 11.6 Å². The summed E-state index contributed by atoms with van der Waals surface area (Å²) in [4.78, 5) is 32.7. The molecule has 6 heterocycles. The molecule has 298 valence electrons. The van der Waals surface area contributed by atoms with E-state index in [-0.39, 0.29) is 46.8 Å². The van der Waals surface area contributed by atoms with Gasteiger partial charge in [0.2, 0.25) is 5.95 Å². The zero-order valence-electron chi connectivity index (χ0n) is 31.9. The minimum Gasteiger partial charge on any atom is -0.485 e. The maximum Gasteiger partial charge on any atom is 0.368 e. The first-order valence-electron chi connectivity index (χ1n) is 18.0. The van der Waals surface area contributed by atoms with E-state index in [1.165, 1.54) is 18.8 Å². The number of nitrogens with one attached hydrogen (secondary N) is 3. The lowest BCUT2D eigenvalue weighted by atomic mass is 9.79. The second-order valence-electron chi connectivity index (χ2n) is 15.3. The van der Waals surface area contributed by atoms with E-state index >= 15 is 0 Å². The lowest BCUT2D eigenvalue weighted by molar-refractivity contribution is -0.0796. The number of tetrazole rings is 2. The van der Waals surface area contributed by atoms with Gasteiger partial charge in [0.05, 0.1) is 44.0 Å². The molecule has 2 aromatic carbocycles. The summed E-state index contributed by atoms with van der Waals surface area (Å²) in [6, 6.07) is 10.2. The Labute approximate surface area is 320 Å². The van der Waals surface area contributed by atoms with Gasteiger partial charge in [-0.1, -0.05) is 0 Å². The predicted molar refractivity (Wildman–Crippen MR) is 201 cm³/mol. The summed E-state index contributed by atoms with van der Waals surface area (Å²) in [6.07, 6.45) is 2.70. The third-order valence-electron chi connectivity index (χ3n) is 9.09. The molecule has 0 bridgehead atoms. The molecule has 0 radical (unpaired) electrons. The number of ether oxygens (including phenoxy) is 4. The van der Waals surface area contributed by atoms with Gasteiger partial charge in [0, 0.05) is 66.9 Å². The van der Waals surface area contributed by atoms with Crippen LogP contribution in [-0.2, 0) is 23.6 Å². The van der Waals surface area contributed by atoms with E-state index in [2.05, 4.69) is 74.5 Å². The number of nitrogens with zero attached hydrogens (tertiary/aromatic N) is 10. The molecule has 56 heavy (non-hydrogen) atoms. The van der Waals surface area contributed by atoms with Gasteiger partial charge in [0.25, 0.3) is 0 Å². The Morgan fingerprint density at radius 2 is 1.34 bits per heavy atom. The van der Waals surface area contributed by atoms with E-state index in [4.69, 9.17) is 24.7 Å². The van der Waals surface area contributed by atoms with Crippen molar-refractivity contribution in [1.82, 2.24) is 54.9 Å². The van der Waals surface area contributed by atoms with Crippen LogP contribution < -0.4 is 42.5 Å². The first-order valence-corrected chi connectivity index (χ1v) is 18.0. The molecule has 3 fully saturated rings. The number of halogens is 1. The Hall–Kier alpha value is -5.93. The predicted octanol–water partition coefficient (Wildman–Crippen LogP) is 1.46. The van der Waals surface area contributed by atoms with Gasteiger partial charge in [-0.05, 0) is 73.5 Å². The van der Waals surface area contributed by atoms with Crippen LogP contribution in [-0.4, -0.2) is 105 Å². The molecule has 3 saturated heterocycles. The van der Waals surface area contributed by atoms with E-state index < -0.39 is 11.5 Å². The van der Waals surface area contributed by atoms with E-state index in [0.29, 0.717) is 60.7 Å². The number of piperidine rings is 1. The van der Waals surface area contributed by atoms with Crippen LogP contribution in [0.5, 0.6) is 11.5 Å². The quantitative estimate of drug-likeness (QED) is 0.147. The van der Waals surface area contributed by atoms with Crippen LogP contribution in [0.15, 0.2) is 52.2 Å². The van der Waals surface area contributed by atoms with Crippen LogP contribution >= 0.6 is 0 Å². The molecular formula is C35H45FN14O6. The van der Waals surface area contributed by atoms with E-state index in [0.717, 1.165) is 33.1 Å². The highest BCUT2D eigenvalue weighted by atomic mass is 19.1. The molecule has 20 nitrogen and oxygen atoms in total. The first-order chi connectivity index (χ1) is 26.6. The molecule has 3 aromatic heterocycles. The van der Waals surface area contributed by atoms with Crippen LogP contribution in [0.4, 0.5) is 27.5 Å². The average Bonchev–Trinajstić information content (AvgIpc) is 3.60. The van der Waals surface area contributed by atoms with Crippen molar-refractivity contribution in [2.45, 2.75) is 69.9 Å². The average molecular weight is 777 g/mol. The number of anilines is 4. The number of nitrogens with two attached hydrogens (primary N) is 1. The molecule has 0 saturated carbocycles. The van der Waals surface area contributed by atoms with Gasteiger partial charge in [-0.15, -0.1) is 0 Å². The lowest BCUT2D eigenvalue weighted by Gasteiger charge is -2.46. The van der Waals surface area contributed by atoms with E-state index in [9.17, 15) is 14.0 Å². The van der Waals surface area contributed by atoms with Crippen molar-refractivity contribution in [3.05, 3.63) is 69.4 Å². The molecule has 0 atom stereocenters. The minimum absolute atomic E-state index is 0.0278. The van der Waals surface area contributed by atoms with Crippen LogP contribution in [0.25, 0.3) is 11.4 Å². The molecule has 3 aliphatic rings. The highest BCUT2D eigenvalue weighted by Crippen LogP contribution is 2.32. The Morgan fingerprint density at radius 3 is 1.84 bits per heavy atom. The number of hydrogen-bond acceptors (Lipinski definition) is 16. The second kappa shape index (κ2) is 15.3. The number of aryl methyl sites for hydroxylation is 2. The zero-order valence-corrected chi connectivity index (χ0v) is 31.9. The molecule has 0 amide bonds. The Morgan fingerprint density at radius 1 is 0.804 bits per heavy atom. The van der Waals surface area contributed by atoms with Crippen LogP contribution in [0.1, 0.15) is 40.5 Å². The Balaban J connectivity index is 0.000000211. The summed E-state index contributed by atoms with van der Waals surface area (Å²) < 4.78 is 41.2. The summed E-state index contributed by atoms with van der Waals surface area (Å²) in [6.45, 7) is 10.6. The van der Waals surface area contributed by atoms with Crippen molar-refractivity contribution in [3.8, 4) is 22.9 Å². The highest BCUT2D eigenvalue weighted by molar-refractivity contribution is 5.62. The van der Waals surface area contributed by atoms with Crippen molar-refractivity contribution >= 4 is 23.1 Å². The molecule has 21 heteroatoms. The lowest BCUT2D eigenvalue weighted by Crippen LogP contribution is -2.60. The fraction of sp³-hybridized carbons (Fsp3) is 0.486. The Kier molecular flexibility index (Phi) is 10.5. The zero-order chi connectivity index (χ0) is 39.8. The maximum absolute atomic E-state index is 14.7. The molecule has 0 spiro atoms. The third-order valence-corrected chi connectivity index (χ3v) is 9.09. The summed E-state index contributed by atoms with van der Waals surface area (Å²) in [5.41, 5.74) is 6.83. The van der Waals surface area contributed by atoms with Gasteiger partial charge in [-0.2, -0.15) is 23.7 Å². The summed E-state index contributed by atoms with van der Waals surface area (Å²) in [5, 5.41) is 25.1. The second-order valence-corrected chi connectivity index (χ2v) is 15.3. The molecular weight excluding hydrogens is 731 g/mol. The minimum atomic E-state index is -0.534. The van der Waals surface area contributed by atoms with Crippen LogP contribution in [0.2, 0.25) is 0 Å². The van der Waals surface area contributed by atoms with E-state index in [1.54, 1.807) is 36.4 Å². The fourth-order valence-electron chi connectivity index (χ4n) is 6.82. The van der Waals surface area contributed by atoms with Crippen LogP contribution in [0, 0.1) is 5.82 Å². The highest BCUT2D eigenvalue weighted by Gasteiger charge is 2.38. The SMILES string of the molecule is Cn1nnn(-c2cc(N)cc(OC3COC3)c2)c1=O.Cn1nnn(-c2cc(Nc3ncc(F)c(NC4CC(C)(C)NC(C)(C)C4)n3)cc(OC3COC3)c2)c1=O. The van der Waals surface area contributed by atoms with Crippen molar-refractivity contribution in [3.63, 3.8) is 0 Å². The summed E-state index contributed by atoms with van der Waals surface area (Å²) in [7, 11) is 3.05. The number of hydrogen-bond donors (Lipinski definition) is 4. The maximum atomic E-state index is 14.7. The molecule has 5 aromatic rings. The molecule has 8 rings (SSSR count). The van der Waals surface area contributed by atoms with Gasteiger partial charge in [-0.3, -0.25) is 0 Å². The number of benzene rings is 2. The normalized spacial score (nSPS) is 17.9. The Bertz CT molecular complexity index is 2300. The molecule has 0 aliphatic carbocycles. The van der Waals surface area contributed by atoms with Crippen molar-refractivity contribution in [2.75, 3.05) is 42.8 Å². The molecule has 3 aliphatic heterocycles. The molecule has 5 N–H and O–H groups in total. The van der Waals surface area contributed by atoms with Crippen molar-refractivity contribution < 1.29 is 23.3 Å². The fourth-order valence-corrected chi connectivity index (χ4v) is 6.82. The first kappa shape index (κ1) is 38.3. The summed E-state index contributed by atoms with van der Waals surface area (Å²) in [5.74, 6) is 0.873. The summed E-state index contributed by atoms with van der Waals surface area (Å²) >= 11 is 0. The molecule has 0 unspecified atom stereocenters. The number of aromatic nitrogens is 10. The van der Waals surface area contributed by atoms with Crippen molar-refractivity contribution in [2.24, 2.45) is 14.1 Å². The largest absolute Gasteiger partial charge is 0.485 e. The van der Waals surface area contributed by atoms with Gasteiger partial charge in [-0.25, -0.2) is 19.0 Å². The smallest absolute Gasteiger partial charge is 0.368 e. The van der Waals surface area contributed by atoms with Gasteiger partial charge in [0.1, 0.15) is 23.7 Å². The van der Waals surface area contributed by atoms with Crippen molar-refractivity contribution in [1.29, 1.82) is 0 Å². The van der Waals surface area contributed by atoms with E-state index in [1.807, 2.05) is 0 Å². The van der Waals surface area contributed by atoms with Gasteiger partial charge >= 0.3 is 11.4 Å². The number of rotatable bonds is 10. The number of nitrogen functional groups attached to an aromatic ring is 1. The van der Waals surface area contributed by atoms with Gasteiger partial charge < -0.3 is 40.6 Å². The third kappa shape index (κ3) is 8.95. The topological polar surface area (TPSA) is 230 Å². The monoisotopic (exact) mass is 776 g/mol. The standard InChI is InChI=1S/C24H32FN9O3.C11H13N5O3/c1-23(2)9-15(10-24(3,4)30-23)27-20-19(25)11-26-21(29-20)28-14-6-16(34-22(35)33(5)31-32-34)8-17(7-14)37-18-12-36-13-18;1-15-11(17)16(14-13-15)8-2-7(12)3-9(4-8)19-10-5-18-6-10/h6-8,11,15,18,30H,9-10,12-13H2,1-5H3,(H2,26,27,28,29);2-4,10H,5-6,12H2,1H3.